The van der Waals surface area contributed by atoms with E-state index in [2.05, 4.69) is 21.1 Å². The SMILES string of the molecule is O=S(=O)(c1ccc(N/N=C\c2ccc(Cl)cc2Cl)cc1)c1ccc(N/N=C/c2ccc(Cl)cc2Cl)cc1. The molecule has 2 N–H and O–H groups in total. The topological polar surface area (TPSA) is 82.9 Å². The molecule has 4 rings (SSSR count). The highest BCUT2D eigenvalue weighted by atomic mass is 35.5. The summed E-state index contributed by atoms with van der Waals surface area (Å²) in [4.78, 5) is 0.303. The Morgan fingerprint density at radius 1 is 0.568 bits per heavy atom. The van der Waals surface area contributed by atoms with Crippen molar-refractivity contribution >= 4 is 80.0 Å². The maximum atomic E-state index is 13.0. The van der Waals surface area contributed by atoms with E-state index >= 15 is 0 Å². The molecule has 0 unspecified atom stereocenters. The maximum Gasteiger partial charge on any atom is 0.206 e. The first-order valence-corrected chi connectivity index (χ1v) is 13.7. The number of nitrogens with zero attached hydrogens (tertiary/aromatic N) is 2. The Bertz CT molecular complexity index is 1460. The minimum atomic E-state index is -3.71. The van der Waals surface area contributed by atoms with E-state index in [1.165, 1.54) is 24.3 Å². The van der Waals surface area contributed by atoms with Gasteiger partial charge in [0.05, 0.1) is 43.6 Å². The summed E-state index contributed by atoms with van der Waals surface area (Å²) in [7, 11) is -3.71. The highest BCUT2D eigenvalue weighted by Crippen LogP contribution is 2.25. The van der Waals surface area contributed by atoms with Gasteiger partial charge in [0.2, 0.25) is 9.84 Å². The number of hydrazone groups is 2. The third-order valence-electron chi connectivity index (χ3n) is 5.05. The largest absolute Gasteiger partial charge is 0.279 e. The molecule has 0 fully saturated rings. The molecule has 37 heavy (non-hydrogen) atoms. The Morgan fingerprint density at radius 2 is 0.946 bits per heavy atom. The number of sulfone groups is 1. The Labute approximate surface area is 234 Å². The van der Waals surface area contributed by atoms with Gasteiger partial charge in [-0.05, 0) is 72.8 Å². The van der Waals surface area contributed by atoms with Crippen molar-refractivity contribution in [2.24, 2.45) is 10.2 Å². The predicted octanol–water partition coefficient (Wildman–Crippen LogP) is 8.03. The van der Waals surface area contributed by atoms with Gasteiger partial charge in [0, 0.05) is 21.2 Å². The number of hydrogen-bond donors (Lipinski definition) is 2. The van der Waals surface area contributed by atoms with Gasteiger partial charge in [-0.2, -0.15) is 10.2 Å². The van der Waals surface area contributed by atoms with E-state index in [9.17, 15) is 8.42 Å². The smallest absolute Gasteiger partial charge is 0.206 e. The zero-order chi connectivity index (χ0) is 26.4. The molecule has 0 aliphatic rings. The molecule has 4 aromatic rings. The molecule has 0 atom stereocenters. The maximum absolute atomic E-state index is 13.0. The van der Waals surface area contributed by atoms with E-state index < -0.39 is 9.84 Å². The summed E-state index contributed by atoms with van der Waals surface area (Å²) in [5.74, 6) is 0. The van der Waals surface area contributed by atoms with Crippen molar-refractivity contribution in [3.8, 4) is 0 Å². The first kappa shape index (κ1) is 27.0. The molecule has 11 heteroatoms. The fourth-order valence-corrected chi connectivity index (χ4v) is 5.29. The average Bonchev–Trinajstić information content (AvgIpc) is 2.87. The number of anilines is 2. The standard InChI is InChI=1S/C26H18Cl4N4O2S/c27-19-3-1-17(25(29)13-19)15-31-33-21-5-9-23(10-6-21)37(35,36)24-11-7-22(8-12-24)34-32-16-18-2-4-20(28)14-26(18)30/h1-16,33-34H/b31-15-,32-16+. The van der Waals surface area contributed by atoms with Crippen LogP contribution in [0, 0.1) is 0 Å². The first-order chi connectivity index (χ1) is 17.7. The van der Waals surface area contributed by atoms with Gasteiger partial charge in [0.25, 0.3) is 0 Å². The first-order valence-electron chi connectivity index (χ1n) is 10.7. The van der Waals surface area contributed by atoms with E-state index in [-0.39, 0.29) is 9.79 Å². The summed E-state index contributed by atoms with van der Waals surface area (Å²) in [6.07, 6.45) is 3.10. The molecule has 0 saturated heterocycles. The fourth-order valence-electron chi connectivity index (χ4n) is 3.12. The molecule has 0 bridgehead atoms. The van der Waals surface area contributed by atoms with Gasteiger partial charge in [0.15, 0.2) is 0 Å². The van der Waals surface area contributed by atoms with Crippen LogP contribution < -0.4 is 10.9 Å². The molecule has 4 aromatic carbocycles. The van der Waals surface area contributed by atoms with Crippen LogP contribution in [-0.4, -0.2) is 20.8 Å². The quantitative estimate of drug-likeness (QED) is 0.160. The molecule has 0 aromatic heterocycles. The lowest BCUT2D eigenvalue weighted by Crippen LogP contribution is -2.02. The lowest BCUT2D eigenvalue weighted by molar-refractivity contribution is 0.596. The van der Waals surface area contributed by atoms with Crippen LogP contribution in [0.25, 0.3) is 0 Å². The van der Waals surface area contributed by atoms with Crippen LogP contribution in [0.3, 0.4) is 0 Å². The second-order valence-corrected chi connectivity index (χ2v) is 11.3. The Morgan fingerprint density at radius 3 is 1.30 bits per heavy atom. The van der Waals surface area contributed by atoms with E-state index in [1.54, 1.807) is 73.1 Å². The van der Waals surface area contributed by atoms with E-state index in [0.29, 0.717) is 42.6 Å². The molecule has 0 radical (unpaired) electrons. The van der Waals surface area contributed by atoms with Crippen molar-refractivity contribution in [1.29, 1.82) is 0 Å². The molecule has 6 nitrogen and oxygen atoms in total. The highest BCUT2D eigenvalue weighted by Gasteiger charge is 2.17. The number of halogens is 4. The Hall–Kier alpha value is -3.07. The average molecular weight is 592 g/mol. The zero-order valence-corrected chi connectivity index (χ0v) is 22.7. The minimum Gasteiger partial charge on any atom is -0.279 e. The van der Waals surface area contributed by atoms with E-state index in [4.69, 9.17) is 46.4 Å². The minimum absolute atomic E-state index is 0.152. The van der Waals surface area contributed by atoms with Crippen LogP contribution in [0.15, 0.2) is 105 Å². The number of rotatable bonds is 8. The number of nitrogens with one attached hydrogen (secondary N) is 2. The van der Waals surface area contributed by atoms with Gasteiger partial charge in [0.1, 0.15) is 0 Å². The molecule has 0 aliphatic heterocycles. The molecule has 0 spiro atoms. The van der Waals surface area contributed by atoms with Crippen molar-refractivity contribution < 1.29 is 8.42 Å². The summed E-state index contributed by atoms with van der Waals surface area (Å²) in [5.41, 5.74) is 8.29. The van der Waals surface area contributed by atoms with Gasteiger partial charge in [-0.25, -0.2) is 8.42 Å². The summed E-state index contributed by atoms with van der Waals surface area (Å²) >= 11 is 24.0. The van der Waals surface area contributed by atoms with Crippen LogP contribution >= 0.6 is 46.4 Å². The number of benzene rings is 4. The van der Waals surface area contributed by atoms with Crippen LogP contribution in [-0.2, 0) is 9.84 Å². The Kier molecular flexibility index (Phi) is 8.74. The zero-order valence-electron chi connectivity index (χ0n) is 18.9. The molecule has 0 amide bonds. The number of hydrogen-bond acceptors (Lipinski definition) is 6. The third kappa shape index (κ3) is 7.03. The third-order valence-corrected chi connectivity index (χ3v) is 7.96. The van der Waals surface area contributed by atoms with Crippen LogP contribution in [0.5, 0.6) is 0 Å². The summed E-state index contributed by atoms with van der Waals surface area (Å²) < 4.78 is 26.1. The molecule has 0 heterocycles. The molecular formula is C26H18Cl4N4O2S. The predicted molar refractivity (Wildman–Crippen MR) is 154 cm³/mol. The summed E-state index contributed by atoms with van der Waals surface area (Å²) in [5, 5.41) is 10.3. The molecule has 0 aliphatic carbocycles. The molecule has 0 saturated carbocycles. The van der Waals surface area contributed by atoms with Crippen LogP contribution in [0.1, 0.15) is 11.1 Å². The van der Waals surface area contributed by atoms with Crippen LogP contribution in [0.4, 0.5) is 11.4 Å². The normalized spacial score (nSPS) is 11.8. The van der Waals surface area contributed by atoms with Crippen molar-refractivity contribution in [3.05, 3.63) is 116 Å². The van der Waals surface area contributed by atoms with Gasteiger partial charge in [-0.1, -0.05) is 58.5 Å². The van der Waals surface area contributed by atoms with Crippen molar-refractivity contribution in [2.75, 3.05) is 10.9 Å². The highest BCUT2D eigenvalue weighted by molar-refractivity contribution is 7.91. The summed E-state index contributed by atoms with van der Waals surface area (Å²) in [6.45, 7) is 0. The van der Waals surface area contributed by atoms with Gasteiger partial charge in [-0.15, -0.1) is 0 Å². The summed E-state index contributed by atoms with van der Waals surface area (Å²) in [6, 6.07) is 22.7. The van der Waals surface area contributed by atoms with Crippen molar-refractivity contribution in [2.45, 2.75) is 9.79 Å². The van der Waals surface area contributed by atoms with E-state index in [1.807, 2.05) is 0 Å². The van der Waals surface area contributed by atoms with Gasteiger partial charge >= 0.3 is 0 Å². The Balaban J connectivity index is 1.39. The van der Waals surface area contributed by atoms with Gasteiger partial charge in [-0.3, -0.25) is 10.9 Å². The van der Waals surface area contributed by atoms with Crippen molar-refractivity contribution in [3.63, 3.8) is 0 Å². The van der Waals surface area contributed by atoms with Gasteiger partial charge < -0.3 is 0 Å². The lowest BCUT2D eigenvalue weighted by Gasteiger charge is -2.07. The molecule has 188 valence electrons. The lowest BCUT2D eigenvalue weighted by atomic mass is 10.2. The second-order valence-electron chi connectivity index (χ2n) is 7.62. The van der Waals surface area contributed by atoms with Crippen molar-refractivity contribution in [1.82, 2.24) is 0 Å². The second kappa shape index (κ2) is 12.0. The monoisotopic (exact) mass is 590 g/mol. The van der Waals surface area contributed by atoms with Crippen LogP contribution in [0.2, 0.25) is 20.1 Å². The molecular weight excluding hydrogens is 574 g/mol. The fraction of sp³-hybridized carbons (Fsp3) is 0. The van der Waals surface area contributed by atoms with E-state index in [0.717, 1.165) is 0 Å².